The van der Waals surface area contributed by atoms with Crippen LogP contribution in [0.3, 0.4) is 0 Å². The summed E-state index contributed by atoms with van der Waals surface area (Å²) in [6.45, 7) is 0. The second kappa shape index (κ2) is 8.08. The highest BCUT2D eigenvalue weighted by molar-refractivity contribution is 6.07. The minimum absolute atomic E-state index is 0.182. The van der Waals surface area contributed by atoms with E-state index in [2.05, 4.69) is 15.1 Å². The molecule has 2 heterocycles. The third kappa shape index (κ3) is 4.00. The maximum absolute atomic E-state index is 12.5. The Morgan fingerprint density at radius 2 is 1.63 bits per heavy atom. The molecule has 4 rings (SSSR count). The molecule has 2 aromatic heterocycles. The maximum Gasteiger partial charge on any atom is 0.278 e. The van der Waals surface area contributed by atoms with Gasteiger partial charge < -0.3 is 4.90 Å². The first-order chi connectivity index (χ1) is 14.5. The number of nitrogens with zero attached hydrogens (tertiary/aromatic N) is 5. The number of carbonyl (C=O) groups is 2. The SMILES string of the molecule is CN(C)c1ccn(C(=O)c2ccc(C(=O)C=Cc3cnc4ccccc4n3)cc2)n1. The van der Waals surface area contributed by atoms with E-state index in [1.165, 1.54) is 10.8 Å². The molecule has 7 heteroatoms. The molecule has 0 spiro atoms. The molecule has 0 bridgehead atoms. The van der Waals surface area contributed by atoms with Crippen LogP contribution in [0.2, 0.25) is 0 Å². The van der Waals surface area contributed by atoms with Gasteiger partial charge in [0.05, 0.1) is 22.9 Å². The molecular formula is C23H19N5O2. The summed E-state index contributed by atoms with van der Waals surface area (Å²) in [4.78, 5) is 35.6. The van der Waals surface area contributed by atoms with Gasteiger partial charge in [0.15, 0.2) is 11.6 Å². The first-order valence-corrected chi connectivity index (χ1v) is 9.33. The van der Waals surface area contributed by atoms with Gasteiger partial charge in [0.1, 0.15) is 0 Å². The Morgan fingerprint density at radius 3 is 2.33 bits per heavy atom. The van der Waals surface area contributed by atoms with Gasteiger partial charge in [-0.15, -0.1) is 5.10 Å². The first-order valence-electron chi connectivity index (χ1n) is 9.33. The van der Waals surface area contributed by atoms with Crippen LogP contribution < -0.4 is 4.90 Å². The van der Waals surface area contributed by atoms with E-state index in [-0.39, 0.29) is 11.7 Å². The summed E-state index contributed by atoms with van der Waals surface area (Å²) in [5.41, 5.74) is 3.10. The zero-order valence-electron chi connectivity index (χ0n) is 16.6. The molecule has 0 aliphatic rings. The Bertz CT molecular complexity index is 1260. The maximum atomic E-state index is 12.5. The monoisotopic (exact) mass is 397 g/mol. The lowest BCUT2D eigenvalue weighted by molar-refractivity contribution is 0.0944. The van der Waals surface area contributed by atoms with E-state index in [1.54, 1.807) is 48.8 Å². The molecule has 0 unspecified atom stereocenters. The summed E-state index contributed by atoms with van der Waals surface area (Å²) in [6.07, 6.45) is 6.32. The van der Waals surface area contributed by atoms with E-state index in [0.717, 1.165) is 11.0 Å². The molecule has 4 aromatic rings. The Hall–Kier alpha value is -4.13. The lowest BCUT2D eigenvalue weighted by atomic mass is 10.1. The van der Waals surface area contributed by atoms with Crippen LogP contribution in [0.25, 0.3) is 17.1 Å². The number of carbonyl (C=O) groups excluding carboxylic acids is 2. The van der Waals surface area contributed by atoms with E-state index in [1.807, 2.05) is 43.3 Å². The van der Waals surface area contributed by atoms with Crippen LogP contribution in [0.1, 0.15) is 26.4 Å². The summed E-state index contributed by atoms with van der Waals surface area (Å²) >= 11 is 0. The van der Waals surface area contributed by atoms with E-state index in [4.69, 9.17) is 0 Å². The van der Waals surface area contributed by atoms with Gasteiger partial charge in [0, 0.05) is 37.5 Å². The molecule has 0 fully saturated rings. The third-order valence-electron chi connectivity index (χ3n) is 4.53. The largest absolute Gasteiger partial charge is 0.361 e. The molecule has 0 saturated carbocycles. The molecule has 148 valence electrons. The van der Waals surface area contributed by atoms with Gasteiger partial charge >= 0.3 is 0 Å². The van der Waals surface area contributed by atoms with Crippen LogP contribution in [0.5, 0.6) is 0 Å². The lowest BCUT2D eigenvalue weighted by Gasteiger charge is -2.06. The molecule has 0 N–H and O–H groups in total. The molecule has 30 heavy (non-hydrogen) atoms. The summed E-state index contributed by atoms with van der Waals surface area (Å²) in [5, 5.41) is 4.23. The van der Waals surface area contributed by atoms with Gasteiger partial charge in [-0.2, -0.15) is 0 Å². The van der Waals surface area contributed by atoms with Crippen LogP contribution >= 0.6 is 0 Å². The normalized spacial score (nSPS) is 11.1. The minimum atomic E-state index is -0.260. The highest BCUT2D eigenvalue weighted by Crippen LogP contribution is 2.12. The van der Waals surface area contributed by atoms with Crippen molar-refractivity contribution < 1.29 is 9.59 Å². The van der Waals surface area contributed by atoms with Gasteiger partial charge in [-0.1, -0.05) is 24.3 Å². The van der Waals surface area contributed by atoms with E-state index >= 15 is 0 Å². The second-order valence-corrected chi connectivity index (χ2v) is 6.88. The van der Waals surface area contributed by atoms with Gasteiger partial charge in [-0.05, 0) is 36.4 Å². The summed E-state index contributed by atoms with van der Waals surface area (Å²) in [7, 11) is 3.71. The fraction of sp³-hybridized carbons (Fsp3) is 0.0870. The fourth-order valence-corrected chi connectivity index (χ4v) is 2.88. The Labute approximate surface area is 173 Å². The number of benzene rings is 2. The van der Waals surface area contributed by atoms with Gasteiger partial charge in [-0.3, -0.25) is 14.6 Å². The standard InChI is InChI=1S/C23H19N5O2/c1-27(2)22-13-14-28(26-22)23(30)17-9-7-16(8-10-17)21(29)12-11-18-15-24-19-5-3-4-6-20(19)25-18/h3-15H,1-2H3. The van der Waals surface area contributed by atoms with Crippen molar-refractivity contribution in [3.63, 3.8) is 0 Å². The van der Waals surface area contributed by atoms with Crippen molar-refractivity contribution in [2.75, 3.05) is 19.0 Å². The summed E-state index contributed by atoms with van der Waals surface area (Å²) in [6, 6.07) is 15.8. The Kier molecular flexibility index (Phi) is 5.17. The van der Waals surface area contributed by atoms with Crippen molar-refractivity contribution in [1.82, 2.24) is 19.7 Å². The zero-order chi connectivity index (χ0) is 21.1. The molecule has 7 nitrogen and oxygen atoms in total. The predicted octanol–water partition coefficient (Wildman–Crippen LogP) is 3.48. The van der Waals surface area contributed by atoms with Crippen LogP contribution in [0.4, 0.5) is 5.82 Å². The topological polar surface area (TPSA) is 81.0 Å². The van der Waals surface area contributed by atoms with Crippen molar-refractivity contribution in [2.24, 2.45) is 0 Å². The van der Waals surface area contributed by atoms with Gasteiger partial charge in [-0.25, -0.2) is 9.67 Å². The number of hydrogen-bond acceptors (Lipinski definition) is 6. The first kappa shape index (κ1) is 19.2. The van der Waals surface area contributed by atoms with Crippen molar-refractivity contribution in [2.45, 2.75) is 0 Å². The number of hydrogen-bond donors (Lipinski definition) is 0. The van der Waals surface area contributed by atoms with E-state index < -0.39 is 0 Å². The van der Waals surface area contributed by atoms with Crippen molar-refractivity contribution in [3.8, 4) is 0 Å². The van der Waals surface area contributed by atoms with Crippen LogP contribution in [0, 0.1) is 0 Å². The average molecular weight is 397 g/mol. The van der Waals surface area contributed by atoms with Gasteiger partial charge in [0.25, 0.3) is 5.91 Å². The summed E-state index contributed by atoms with van der Waals surface area (Å²) in [5.74, 6) is 0.249. The zero-order valence-corrected chi connectivity index (χ0v) is 16.6. The van der Waals surface area contributed by atoms with Gasteiger partial charge in [0.2, 0.25) is 0 Å². The molecular weight excluding hydrogens is 378 g/mol. The lowest BCUT2D eigenvalue weighted by Crippen LogP contribution is -2.15. The molecule has 0 amide bonds. The van der Waals surface area contributed by atoms with Crippen molar-refractivity contribution >= 4 is 34.6 Å². The predicted molar refractivity (Wildman–Crippen MR) is 116 cm³/mol. The highest BCUT2D eigenvalue weighted by atomic mass is 16.2. The molecule has 0 radical (unpaired) electrons. The average Bonchev–Trinajstić information content (AvgIpc) is 3.27. The molecule has 0 aliphatic carbocycles. The van der Waals surface area contributed by atoms with Crippen LogP contribution in [-0.2, 0) is 0 Å². The number of para-hydroxylation sites is 2. The third-order valence-corrected chi connectivity index (χ3v) is 4.53. The molecule has 0 saturated heterocycles. The van der Waals surface area contributed by atoms with Crippen molar-refractivity contribution in [3.05, 3.63) is 89.9 Å². The number of allylic oxidation sites excluding steroid dienone is 1. The minimum Gasteiger partial charge on any atom is -0.361 e. The number of ketones is 1. The number of fused-ring (bicyclic) bond motifs is 1. The van der Waals surface area contributed by atoms with Crippen LogP contribution in [0.15, 0.2) is 73.1 Å². The van der Waals surface area contributed by atoms with E-state index in [0.29, 0.717) is 22.6 Å². The highest BCUT2D eigenvalue weighted by Gasteiger charge is 2.12. The Balaban J connectivity index is 1.47. The number of anilines is 1. The van der Waals surface area contributed by atoms with Crippen LogP contribution in [-0.4, -0.2) is 45.5 Å². The van der Waals surface area contributed by atoms with E-state index in [9.17, 15) is 9.59 Å². The Morgan fingerprint density at radius 1 is 0.933 bits per heavy atom. The number of rotatable bonds is 5. The second-order valence-electron chi connectivity index (χ2n) is 6.88. The smallest absolute Gasteiger partial charge is 0.278 e. The fourth-order valence-electron chi connectivity index (χ4n) is 2.88. The van der Waals surface area contributed by atoms with Crippen molar-refractivity contribution in [1.29, 1.82) is 0 Å². The number of aromatic nitrogens is 4. The molecule has 0 aliphatic heterocycles. The molecule has 0 atom stereocenters. The molecule has 2 aromatic carbocycles. The quantitative estimate of drug-likeness (QED) is 0.379. The summed E-state index contributed by atoms with van der Waals surface area (Å²) < 4.78 is 1.28.